The number of hydrogen-bond donors (Lipinski definition) is 3. The topological polar surface area (TPSA) is 52.5 Å². The van der Waals surface area contributed by atoms with Crippen molar-refractivity contribution in [2.45, 2.75) is 57.6 Å². The third-order valence-electron chi connectivity index (χ3n) is 4.59. The molecule has 0 spiro atoms. The highest BCUT2D eigenvalue weighted by molar-refractivity contribution is 5.28. The van der Waals surface area contributed by atoms with Crippen molar-refractivity contribution in [1.82, 2.24) is 5.32 Å². The number of benzene rings is 1. The van der Waals surface area contributed by atoms with Crippen LogP contribution in [0.5, 0.6) is 5.75 Å². The summed E-state index contributed by atoms with van der Waals surface area (Å²) >= 11 is 0. The Morgan fingerprint density at radius 3 is 2.40 bits per heavy atom. The molecule has 0 bridgehead atoms. The van der Waals surface area contributed by atoms with Crippen molar-refractivity contribution in [3.63, 3.8) is 0 Å². The maximum absolute atomic E-state index is 10.6. The number of aliphatic hydroxyl groups is 1. The van der Waals surface area contributed by atoms with Gasteiger partial charge in [-0.15, -0.1) is 0 Å². The first-order chi connectivity index (χ1) is 9.52. The van der Waals surface area contributed by atoms with Gasteiger partial charge in [-0.1, -0.05) is 26.0 Å². The van der Waals surface area contributed by atoms with Crippen LogP contribution < -0.4 is 5.32 Å². The summed E-state index contributed by atoms with van der Waals surface area (Å²) in [6.07, 6.45) is 5.00. The Labute approximate surface area is 122 Å². The molecule has 0 radical (unpaired) electrons. The zero-order valence-corrected chi connectivity index (χ0v) is 12.6. The van der Waals surface area contributed by atoms with Crippen LogP contribution in [0.15, 0.2) is 24.3 Å². The zero-order valence-electron chi connectivity index (χ0n) is 12.6. The number of nitrogens with one attached hydrogen (secondary N) is 1. The van der Waals surface area contributed by atoms with Gasteiger partial charge in [0.1, 0.15) is 5.75 Å². The van der Waals surface area contributed by atoms with Crippen molar-refractivity contribution in [2.24, 2.45) is 5.92 Å². The van der Waals surface area contributed by atoms with Crippen LogP contribution in [0.2, 0.25) is 0 Å². The molecule has 1 aromatic carbocycles. The molecular formula is C17H27NO2. The van der Waals surface area contributed by atoms with E-state index in [1.165, 1.54) is 0 Å². The Morgan fingerprint density at radius 1 is 1.25 bits per heavy atom. The van der Waals surface area contributed by atoms with Gasteiger partial charge in [-0.2, -0.15) is 0 Å². The van der Waals surface area contributed by atoms with Crippen molar-refractivity contribution in [1.29, 1.82) is 0 Å². The Morgan fingerprint density at radius 2 is 1.85 bits per heavy atom. The zero-order chi connectivity index (χ0) is 14.6. The summed E-state index contributed by atoms with van der Waals surface area (Å²) in [5.41, 5.74) is 0.620. The predicted molar refractivity (Wildman–Crippen MR) is 81.7 cm³/mol. The van der Waals surface area contributed by atoms with Crippen molar-refractivity contribution < 1.29 is 10.2 Å². The Kier molecular flexibility index (Phi) is 5.06. The fourth-order valence-corrected chi connectivity index (χ4v) is 2.99. The molecule has 0 amide bonds. The van der Waals surface area contributed by atoms with Crippen LogP contribution in [-0.2, 0) is 0 Å². The lowest BCUT2D eigenvalue weighted by atomic mass is 9.79. The van der Waals surface area contributed by atoms with E-state index in [1.807, 2.05) is 12.1 Å². The molecule has 1 aliphatic carbocycles. The van der Waals surface area contributed by atoms with Crippen molar-refractivity contribution in [3.8, 4) is 5.75 Å². The molecule has 1 fully saturated rings. The van der Waals surface area contributed by atoms with Gasteiger partial charge in [0.25, 0.3) is 0 Å². The van der Waals surface area contributed by atoms with E-state index in [-0.39, 0.29) is 6.04 Å². The van der Waals surface area contributed by atoms with E-state index in [0.717, 1.165) is 43.6 Å². The molecule has 1 saturated carbocycles. The van der Waals surface area contributed by atoms with Gasteiger partial charge in [0, 0.05) is 12.6 Å². The average molecular weight is 277 g/mol. The molecule has 1 aromatic rings. The molecule has 20 heavy (non-hydrogen) atoms. The number of phenols is 1. The third-order valence-corrected chi connectivity index (χ3v) is 4.59. The van der Waals surface area contributed by atoms with E-state index in [1.54, 1.807) is 12.1 Å². The van der Waals surface area contributed by atoms with E-state index in [2.05, 4.69) is 19.2 Å². The van der Waals surface area contributed by atoms with E-state index < -0.39 is 5.60 Å². The Hall–Kier alpha value is -1.06. The lowest BCUT2D eigenvalue weighted by Crippen LogP contribution is -2.44. The normalized spacial score (nSPS) is 28.2. The molecule has 1 atom stereocenters. The first-order valence-corrected chi connectivity index (χ1v) is 7.77. The molecule has 3 heteroatoms. The lowest BCUT2D eigenvalue weighted by Gasteiger charge is -2.36. The van der Waals surface area contributed by atoms with Crippen LogP contribution >= 0.6 is 0 Å². The molecule has 0 aromatic heterocycles. The fourth-order valence-electron chi connectivity index (χ4n) is 2.99. The Bertz CT molecular complexity index is 408. The number of aromatic hydroxyl groups is 1. The van der Waals surface area contributed by atoms with Crippen LogP contribution in [-0.4, -0.2) is 22.4 Å². The molecule has 1 aliphatic rings. The highest BCUT2D eigenvalue weighted by atomic mass is 16.3. The van der Waals surface area contributed by atoms with Gasteiger partial charge < -0.3 is 15.5 Å². The van der Waals surface area contributed by atoms with Crippen LogP contribution in [0.4, 0.5) is 0 Å². The molecule has 3 nitrogen and oxygen atoms in total. The second-order valence-electron chi connectivity index (χ2n) is 6.34. The summed E-state index contributed by atoms with van der Waals surface area (Å²) in [5, 5.41) is 23.5. The minimum Gasteiger partial charge on any atom is -0.508 e. The summed E-state index contributed by atoms with van der Waals surface area (Å²) in [7, 11) is 0. The first-order valence-electron chi connectivity index (χ1n) is 7.77. The van der Waals surface area contributed by atoms with Crippen molar-refractivity contribution in [3.05, 3.63) is 29.8 Å². The van der Waals surface area contributed by atoms with Crippen LogP contribution in [0.25, 0.3) is 0 Å². The fraction of sp³-hybridized carbons (Fsp3) is 0.647. The van der Waals surface area contributed by atoms with Gasteiger partial charge in [-0.25, -0.2) is 0 Å². The van der Waals surface area contributed by atoms with E-state index in [0.29, 0.717) is 12.3 Å². The number of phenolic OH excluding ortho intramolecular Hbond substituents is 1. The lowest BCUT2D eigenvalue weighted by molar-refractivity contribution is -0.00831. The molecule has 0 heterocycles. The van der Waals surface area contributed by atoms with Crippen LogP contribution in [0, 0.1) is 5.92 Å². The summed E-state index contributed by atoms with van der Waals surface area (Å²) in [4.78, 5) is 0. The number of hydrogen-bond acceptors (Lipinski definition) is 3. The van der Waals surface area contributed by atoms with Gasteiger partial charge in [0.2, 0.25) is 0 Å². The first kappa shape index (κ1) is 15.3. The van der Waals surface area contributed by atoms with E-state index in [4.69, 9.17) is 0 Å². The van der Waals surface area contributed by atoms with Gasteiger partial charge in [-0.3, -0.25) is 0 Å². The second-order valence-corrected chi connectivity index (χ2v) is 6.34. The van der Waals surface area contributed by atoms with Gasteiger partial charge >= 0.3 is 0 Å². The second kappa shape index (κ2) is 6.59. The molecular weight excluding hydrogens is 250 g/mol. The maximum atomic E-state index is 10.6. The standard InChI is InChI=1S/C17H27NO2/c1-3-16(14-4-6-15(19)7-5-14)18-12-17(20)10-8-13(2)9-11-17/h4-7,13,16,18-20H,3,8-12H2,1-2H3. The SMILES string of the molecule is CCC(NCC1(O)CCC(C)CC1)c1ccc(O)cc1. The van der Waals surface area contributed by atoms with E-state index >= 15 is 0 Å². The summed E-state index contributed by atoms with van der Waals surface area (Å²) < 4.78 is 0. The van der Waals surface area contributed by atoms with Crippen LogP contribution in [0.3, 0.4) is 0 Å². The quantitative estimate of drug-likeness (QED) is 0.773. The molecule has 112 valence electrons. The van der Waals surface area contributed by atoms with E-state index in [9.17, 15) is 10.2 Å². The minimum atomic E-state index is -0.545. The molecule has 0 saturated heterocycles. The summed E-state index contributed by atoms with van der Waals surface area (Å²) in [6, 6.07) is 7.57. The summed E-state index contributed by atoms with van der Waals surface area (Å²) in [6.45, 7) is 5.05. The Balaban J connectivity index is 1.92. The largest absolute Gasteiger partial charge is 0.508 e. The molecule has 3 N–H and O–H groups in total. The van der Waals surface area contributed by atoms with Crippen LogP contribution in [0.1, 0.15) is 57.6 Å². The molecule has 0 aliphatic heterocycles. The molecule has 1 unspecified atom stereocenters. The highest BCUT2D eigenvalue weighted by Gasteiger charge is 2.32. The smallest absolute Gasteiger partial charge is 0.115 e. The minimum absolute atomic E-state index is 0.235. The van der Waals surface area contributed by atoms with Gasteiger partial charge in [0.15, 0.2) is 0 Å². The van der Waals surface area contributed by atoms with Crippen molar-refractivity contribution in [2.75, 3.05) is 6.54 Å². The average Bonchev–Trinajstić information content (AvgIpc) is 2.45. The number of rotatable bonds is 5. The van der Waals surface area contributed by atoms with Gasteiger partial charge in [-0.05, 0) is 55.7 Å². The molecule has 2 rings (SSSR count). The third kappa shape index (κ3) is 3.97. The maximum Gasteiger partial charge on any atom is 0.115 e. The highest BCUT2D eigenvalue weighted by Crippen LogP contribution is 2.32. The predicted octanol–water partition coefficient (Wildman–Crippen LogP) is 3.37. The monoisotopic (exact) mass is 277 g/mol. The van der Waals surface area contributed by atoms with Gasteiger partial charge in [0.05, 0.1) is 5.60 Å². The summed E-state index contributed by atoms with van der Waals surface area (Å²) in [5.74, 6) is 1.04. The van der Waals surface area contributed by atoms with Crippen molar-refractivity contribution >= 4 is 0 Å².